The zero-order chi connectivity index (χ0) is 20.3. The molecule has 0 aliphatic carbocycles. The fourth-order valence-electron chi connectivity index (χ4n) is 2.69. The number of nitrogens with one attached hydrogen (secondary N) is 2. The van der Waals surface area contributed by atoms with Gasteiger partial charge in [-0.05, 0) is 42.8 Å². The molecular weight excluding hydrogens is 450 g/mol. The molecule has 0 fully saturated rings. The lowest BCUT2D eigenvalue weighted by Gasteiger charge is -2.10. The molecule has 9 heteroatoms. The van der Waals surface area contributed by atoms with E-state index in [-0.39, 0.29) is 31.3 Å². The number of oxazole rings is 1. The van der Waals surface area contributed by atoms with Crippen LogP contribution < -0.4 is 16.4 Å². The molecule has 3 rings (SSSR count). The van der Waals surface area contributed by atoms with Crippen LogP contribution in [0.2, 0.25) is 5.02 Å². The lowest BCUT2D eigenvalue weighted by Crippen LogP contribution is -2.33. The van der Waals surface area contributed by atoms with Crippen LogP contribution in [0.25, 0.3) is 11.1 Å². The van der Waals surface area contributed by atoms with E-state index in [9.17, 15) is 14.4 Å². The van der Waals surface area contributed by atoms with E-state index in [1.165, 1.54) is 4.57 Å². The SMILES string of the molecule is Cc1cc(Br)ccc1NC(=O)CNC(=O)CCn1c(=O)oc2cc(Cl)ccc21. The van der Waals surface area contributed by atoms with Gasteiger partial charge >= 0.3 is 5.76 Å². The Morgan fingerprint density at radius 3 is 2.71 bits per heavy atom. The van der Waals surface area contributed by atoms with Crippen LogP contribution in [0, 0.1) is 6.92 Å². The van der Waals surface area contributed by atoms with Gasteiger partial charge in [-0.2, -0.15) is 0 Å². The van der Waals surface area contributed by atoms with Crippen LogP contribution in [-0.4, -0.2) is 22.9 Å². The molecule has 0 unspecified atom stereocenters. The predicted molar refractivity (Wildman–Crippen MR) is 111 cm³/mol. The van der Waals surface area contributed by atoms with Gasteiger partial charge in [0.25, 0.3) is 0 Å². The number of hydrogen-bond acceptors (Lipinski definition) is 4. The molecule has 0 saturated heterocycles. The van der Waals surface area contributed by atoms with Crippen molar-refractivity contribution in [3.05, 3.63) is 62.0 Å². The second-order valence-corrected chi connectivity index (χ2v) is 7.52. The van der Waals surface area contributed by atoms with Gasteiger partial charge in [0, 0.05) is 34.2 Å². The number of benzene rings is 2. The molecule has 7 nitrogen and oxygen atoms in total. The topological polar surface area (TPSA) is 93.3 Å². The number of halogens is 2. The summed E-state index contributed by atoms with van der Waals surface area (Å²) in [7, 11) is 0. The highest BCUT2D eigenvalue weighted by molar-refractivity contribution is 9.10. The zero-order valence-corrected chi connectivity index (χ0v) is 17.3. The normalized spacial score (nSPS) is 10.8. The first-order chi connectivity index (χ1) is 13.3. The van der Waals surface area contributed by atoms with E-state index >= 15 is 0 Å². The number of fused-ring (bicyclic) bond motifs is 1. The molecule has 0 atom stereocenters. The third-order valence-corrected chi connectivity index (χ3v) is 4.83. The lowest BCUT2D eigenvalue weighted by atomic mass is 10.2. The summed E-state index contributed by atoms with van der Waals surface area (Å²) in [5, 5.41) is 5.75. The average Bonchev–Trinajstić information content (AvgIpc) is 2.94. The van der Waals surface area contributed by atoms with E-state index in [2.05, 4.69) is 26.6 Å². The molecule has 0 spiro atoms. The molecule has 1 aromatic heterocycles. The predicted octanol–water partition coefficient (Wildman–Crippen LogP) is 3.46. The number of carbonyl (C=O) groups excluding carboxylic acids is 2. The summed E-state index contributed by atoms with van der Waals surface area (Å²) in [5.41, 5.74) is 2.51. The van der Waals surface area contributed by atoms with Gasteiger partial charge in [0.1, 0.15) is 0 Å². The van der Waals surface area contributed by atoms with E-state index in [4.69, 9.17) is 16.0 Å². The van der Waals surface area contributed by atoms with Gasteiger partial charge in [-0.1, -0.05) is 27.5 Å². The third kappa shape index (κ3) is 4.82. The second-order valence-electron chi connectivity index (χ2n) is 6.17. The molecule has 2 N–H and O–H groups in total. The summed E-state index contributed by atoms with van der Waals surface area (Å²) in [5.74, 6) is -1.24. The number of amides is 2. The van der Waals surface area contributed by atoms with Crippen molar-refractivity contribution in [3.8, 4) is 0 Å². The molecule has 1 heterocycles. The van der Waals surface area contributed by atoms with Crippen molar-refractivity contribution >= 4 is 56.1 Å². The minimum absolute atomic E-state index is 0.0295. The molecule has 0 aliphatic heterocycles. The molecule has 0 aliphatic rings. The van der Waals surface area contributed by atoms with Gasteiger partial charge in [-0.25, -0.2) is 4.79 Å². The van der Waals surface area contributed by atoms with Crippen molar-refractivity contribution in [2.24, 2.45) is 0 Å². The van der Waals surface area contributed by atoms with E-state index in [0.717, 1.165) is 10.0 Å². The minimum atomic E-state index is -0.562. The van der Waals surface area contributed by atoms with Crippen LogP contribution >= 0.6 is 27.5 Å². The number of hydrogen-bond donors (Lipinski definition) is 2. The molecule has 2 amide bonds. The average molecular weight is 467 g/mol. The van der Waals surface area contributed by atoms with Crippen LogP contribution in [0.5, 0.6) is 0 Å². The van der Waals surface area contributed by atoms with Crippen LogP contribution in [0.4, 0.5) is 5.69 Å². The molecule has 28 heavy (non-hydrogen) atoms. The largest absolute Gasteiger partial charge is 0.419 e. The molecular formula is C19H17BrClN3O4. The van der Waals surface area contributed by atoms with Gasteiger partial charge < -0.3 is 15.1 Å². The van der Waals surface area contributed by atoms with Gasteiger partial charge in [0.05, 0.1) is 12.1 Å². The smallest absolute Gasteiger partial charge is 0.408 e. The summed E-state index contributed by atoms with van der Waals surface area (Å²) >= 11 is 9.24. The molecule has 2 aromatic carbocycles. The summed E-state index contributed by atoms with van der Waals surface area (Å²) in [4.78, 5) is 36.0. The number of anilines is 1. The minimum Gasteiger partial charge on any atom is -0.408 e. The Kier molecular flexibility index (Phi) is 6.21. The van der Waals surface area contributed by atoms with Crippen LogP contribution in [0.1, 0.15) is 12.0 Å². The number of carbonyl (C=O) groups is 2. The summed E-state index contributed by atoms with van der Waals surface area (Å²) in [6.07, 6.45) is 0.0295. The Morgan fingerprint density at radius 2 is 1.96 bits per heavy atom. The number of rotatable bonds is 6. The summed E-state index contributed by atoms with van der Waals surface area (Å²) in [6.45, 7) is 1.84. The summed E-state index contributed by atoms with van der Waals surface area (Å²) < 4.78 is 7.39. The van der Waals surface area contributed by atoms with Gasteiger partial charge in [-0.15, -0.1) is 0 Å². The van der Waals surface area contributed by atoms with E-state index in [0.29, 0.717) is 21.8 Å². The van der Waals surface area contributed by atoms with Crippen LogP contribution in [-0.2, 0) is 16.1 Å². The highest BCUT2D eigenvalue weighted by Crippen LogP contribution is 2.20. The Morgan fingerprint density at radius 1 is 1.18 bits per heavy atom. The van der Waals surface area contributed by atoms with Crippen LogP contribution in [0.3, 0.4) is 0 Å². The highest BCUT2D eigenvalue weighted by atomic mass is 79.9. The zero-order valence-electron chi connectivity index (χ0n) is 14.9. The Balaban J connectivity index is 1.53. The first-order valence-corrected chi connectivity index (χ1v) is 9.62. The molecule has 0 radical (unpaired) electrons. The number of aryl methyl sites for hydroxylation is 2. The maximum absolute atomic E-state index is 12.0. The van der Waals surface area contributed by atoms with E-state index in [1.54, 1.807) is 24.3 Å². The first-order valence-electron chi connectivity index (χ1n) is 8.45. The quantitative estimate of drug-likeness (QED) is 0.582. The van der Waals surface area contributed by atoms with Gasteiger partial charge in [0.2, 0.25) is 11.8 Å². The third-order valence-electron chi connectivity index (χ3n) is 4.10. The molecule has 0 bridgehead atoms. The fourth-order valence-corrected chi connectivity index (χ4v) is 3.33. The summed E-state index contributed by atoms with van der Waals surface area (Å²) in [6, 6.07) is 10.3. The maximum atomic E-state index is 12.0. The van der Waals surface area contributed by atoms with E-state index in [1.807, 2.05) is 19.1 Å². The Hall–Kier alpha value is -2.58. The van der Waals surface area contributed by atoms with Gasteiger partial charge in [-0.3, -0.25) is 14.2 Å². The van der Waals surface area contributed by atoms with E-state index < -0.39 is 5.76 Å². The Labute approximate surface area is 173 Å². The maximum Gasteiger partial charge on any atom is 0.419 e. The van der Waals surface area contributed by atoms with Crippen molar-refractivity contribution in [2.45, 2.75) is 19.9 Å². The van der Waals surface area contributed by atoms with Crippen molar-refractivity contribution in [1.29, 1.82) is 0 Å². The van der Waals surface area contributed by atoms with Crippen LogP contribution in [0.15, 0.2) is 50.1 Å². The lowest BCUT2D eigenvalue weighted by molar-refractivity contribution is -0.124. The van der Waals surface area contributed by atoms with Crippen molar-refractivity contribution in [1.82, 2.24) is 9.88 Å². The van der Waals surface area contributed by atoms with Crippen molar-refractivity contribution in [2.75, 3.05) is 11.9 Å². The van der Waals surface area contributed by atoms with Gasteiger partial charge in [0.15, 0.2) is 5.58 Å². The monoisotopic (exact) mass is 465 g/mol. The van der Waals surface area contributed by atoms with Crippen molar-refractivity contribution in [3.63, 3.8) is 0 Å². The first kappa shape index (κ1) is 20.2. The number of aromatic nitrogens is 1. The fraction of sp³-hybridized carbons (Fsp3) is 0.211. The molecule has 0 saturated carbocycles. The standard InChI is InChI=1S/C19H17BrClN3O4/c1-11-8-12(20)2-4-14(11)23-18(26)10-22-17(25)6-7-24-15-5-3-13(21)9-16(15)28-19(24)27/h2-5,8-9H,6-7,10H2,1H3,(H,22,25)(H,23,26). The highest BCUT2D eigenvalue weighted by Gasteiger charge is 2.12. The Bertz CT molecular complexity index is 1110. The molecule has 146 valence electrons. The van der Waals surface area contributed by atoms with Crippen molar-refractivity contribution < 1.29 is 14.0 Å². The second kappa shape index (κ2) is 8.62. The number of nitrogens with zero attached hydrogens (tertiary/aromatic N) is 1. The molecule has 3 aromatic rings.